The molecule has 0 N–H and O–H groups in total. The number of benzene rings is 1. The molecule has 0 radical (unpaired) electrons. The molecule has 20 heavy (non-hydrogen) atoms. The van der Waals surface area contributed by atoms with Crippen molar-refractivity contribution in [1.82, 2.24) is 4.90 Å². The Labute approximate surface area is 123 Å². The van der Waals surface area contributed by atoms with E-state index in [2.05, 4.69) is 37.8 Å². The van der Waals surface area contributed by atoms with Gasteiger partial charge in [0.15, 0.2) is 0 Å². The maximum absolute atomic E-state index is 11.7. The van der Waals surface area contributed by atoms with Gasteiger partial charge >= 0.3 is 0 Å². The van der Waals surface area contributed by atoms with Crippen LogP contribution >= 0.6 is 0 Å². The molecule has 1 aliphatic heterocycles. The van der Waals surface area contributed by atoms with Crippen molar-refractivity contribution in [2.75, 3.05) is 19.6 Å². The number of carbonyl (C=O) groups is 1. The van der Waals surface area contributed by atoms with Gasteiger partial charge in [0.25, 0.3) is 0 Å². The first-order chi connectivity index (χ1) is 9.51. The number of nitrogens with zero attached hydrogens (tertiary/aromatic N) is 1. The summed E-state index contributed by atoms with van der Waals surface area (Å²) in [7, 11) is 0. The van der Waals surface area contributed by atoms with Crippen LogP contribution in [0, 0.1) is 5.41 Å². The highest BCUT2D eigenvalue weighted by atomic mass is 16.1. The third-order valence-corrected chi connectivity index (χ3v) is 5.16. The predicted octanol–water partition coefficient (Wildman–Crippen LogP) is 3.66. The molecular weight excluding hydrogens is 246 g/mol. The summed E-state index contributed by atoms with van der Waals surface area (Å²) in [5.41, 5.74) is 1.24. The minimum absolute atomic E-state index is 0.388. The first-order valence-corrected chi connectivity index (χ1v) is 7.76. The number of hydrogen-bond donors (Lipinski definition) is 0. The van der Waals surface area contributed by atoms with Crippen LogP contribution in [0.5, 0.6) is 0 Å². The van der Waals surface area contributed by atoms with Crippen LogP contribution in [0.15, 0.2) is 30.3 Å². The molecule has 2 heteroatoms. The monoisotopic (exact) mass is 273 g/mol. The Hall–Kier alpha value is -1.15. The molecule has 1 aromatic rings. The van der Waals surface area contributed by atoms with Crippen molar-refractivity contribution in [2.24, 2.45) is 5.41 Å². The van der Waals surface area contributed by atoms with Crippen LogP contribution in [-0.4, -0.2) is 30.8 Å². The SMILES string of the molecule is CCC1(C)CCN(CC(C)(C=O)c2ccccc2)CC1. The Morgan fingerprint density at radius 2 is 1.85 bits per heavy atom. The van der Waals surface area contributed by atoms with Gasteiger partial charge < -0.3 is 9.69 Å². The fraction of sp³-hybridized carbons (Fsp3) is 0.611. The lowest BCUT2D eigenvalue weighted by molar-refractivity contribution is -0.113. The van der Waals surface area contributed by atoms with Crippen LogP contribution in [0.1, 0.15) is 45.6 Å². The van der Waals surface area contributed by atoms with Gasteiger partial charge in [-0.1, -0.05) is 50.6 Å². The van der Waals surface area contributed by atoms with Crippen molar-refractivity contribution < 1.29 is 4.79 Å². The van der Waals surface area contributed by atoms with Crippen LogP contribution in [0.4, 0.5) is 0 Å². The summed E-state index contributed by atoms with van der Waals surface area (Å²) in [6.45, 7) is 9.79. The topological polar surface area (TPSA) is 20.3 Å². The predicted molar refractivity (Wildman–Crippen MR) is 83.9 cm³/mol. The second-order valence-corrected chi connectivity index (χ2v) is 6.84. The zero-order chi connectivity index (χ0) is 14.6. The summed E-state index contributed by atoms with van der Waals surface area (Å²) in [5, 5.41) is 0. The van der Waals surface area contributed by atoms with Gasteiger partial charge in [-0.05, 0) is 43.8 Å². The number of aldehydes is 1. The molecule has 1 aliphatic rings. The molecule has 110 valence electrons. The van der Waals surface area contributed by atoms with Crippen molar-refractivity contribution in [3.05, 3.63) is 35.9 Å². The van der Waals surface area contributed by atoms with E-state index in [4.69, 9.17) is 0 Å². The largest absolute Gasteiger partial charge is 0.302 e. The second kappa shape index (κ2) is 6.09. The summed E-state index contributed by atoms with van der Waals surface area (Å²) in [4.78, 5) is 14.1. The maximum atomic E-state index is 11.7. The molecule has 0 saturated carbocycles. The van der Waals surface area contributed by atoms with Gasteiger partial charge in [-0.2, -0.15) is 0 Å². The fourth-order valence-corrected chi connectivity index (χ4v) is 3.08. The minimum atomic E-state index is -0.388. The molecule has 0 aliphatic carbocycles. The average molecular weight is 273 g/mol. The van der Waals surface area contributed by atoms with Crippen LogP contribution in [0.2, 0.25) is 0 Å². The van der Waals surface area contributed by atoms with Gasteiger partial charge in [-0.25, -0.2) is 0 Å². The number of piperidine rings is 1. The first-order valence-electron chi connectivity index (χ1n) is 7.76. The Balaban J connectivity index is 2.03. The molecule has 1 fully saturated rings. The summed E-state index contributed by atoms with van der Waals surface area (Å²) in [5.74, 6) is 0. The van der Waals surface area contributed by atoms with Crippen molar-refractivity contribution in [2.45, 2.75) is 45.4 Å². The molecule has 1 atom stereocenters. The number of hydrogen-bond acceptors (Lipinski definition) is 2. The van der Waals surface area contributed by atoms with Crippen molar-refractivity contribution in [3.8, 4) is 0 Å². The lowest BCUT2D eigenvalue weighted by Gasteiger charge is -2.41. The number of likely N-dealkylation sites (tertiary alicyclic amines) is 1. The third kappa shape index (κ3) is 3.29. The Kier molecular flexibility index (Phi) is 4.64. The van der Waals surface area contributed by atoms with Crippen LogP contribution in [-0.2, 0) is 10.2 Å². The highest BCUT2D eigenvalue weighted by Crippen LogP contribution is 2.35. The molecule has 0 spiro atoms. The van der Waals surface area contributed by atoms with Crippen LogP contribution in [0.3, 0.4) is 0 Å². The third-order valence-electron chi connectivity index (χ3n) is 5.16. The number of rotatable bonds is 5. The average Bonchev–Trinajstić information content (AvgIpc) is 2.50. The van der Waals surface area contributed by atoms with E-state index in [1.165, 1.54) is 19.3 Å². The van der Waals surface area contributed by atoms with Gasteiger partial charge in [0, 0.05) is 6.54 Å². The fourth-order valence-electron chi connectivity index (χ4n) is 3.08. The Morgan fingerprint density at radius 3 is 2.35 bits per heavy atom. The standard InChI is InChI=1S/C18H27NO/c1-4-17(2)10-12-19(13-11-17)14-18(3,15-20)16-8-6-5-7-9-16/h5-9,15H,4,10-14H2,1-3H3. The summed E-state index contributed by atoms with van der Waals surface area (Å²) in [6.07, 6.45) is 4.86. The van der Waals surface area contributed by atoms with Crippen molar-refractivity contribution in [1.29, 1.82) is 0 Å². The molecule has 0 amide bonds. The molecule has 1 saturated heterocycles. The highest BCUT2D eigenvalue weighted by Gasteiger charge is 2.33. The van der Waals surface area contributed by atoms with Crippen LogP contribution in [0.25, 0.3) is 0 Å². The molecule has 0 aromatic heterocycles. The smallest absolute Gasteiger partial charge is 0.131 e. The summed E-state index contributed by atoms with van der Waals surface area (Å²) >= 11 is 0. The van der Waals surface area contributed by atoms with E-state index in [0.29, 0.717) is 5.41 Å². The zero-order valence-electron chi connectivity index (χ0n) is 13.1. The highest BCUT2D eigenvalue weighted by molar-refractivity contribution is 5.68. The van der Waals surface area contributed by atoms with Gasteiger partial charge in [0.1, 0.15) is 6.29 Å². The van der Waals surface area contributed by atoms with E-state index in [0.717, 1.165) is 31.5 Å². The molecule has 1 unspecified atom stereocenters. The summed E-state index contributed by atoms with van der Waals surface area (Å²) < 4.78 is 0. The Bertz CT molecular complexity index is 434. The lowest BCUT2D eigenvalue weighted by atomic mass is 9.77. The van der Waals surface area contributed by atoms with Crippen molar-refractivity contribution in [3.63, 3.8) is 0 Å². The second-order valence-electron chi connectivity index (χ2n) is 6.84. The molecule has 2 nitrogen and oxygen atoms in total. The van der Waals surface area contributed by atoms with Gasteiger partial charge in [-0.15, -0.1) is 0 Å². The molecule has 1 heterocycles. The maximum Gasteiger partial charge on any atom is 0.131 e. The van der Waals surface area contributed by atoms with Crippen LogP contribution < -0.4 is 0 Å². The van der Waals surface area contributed by atoms with Gasteiger partial charge in [-0.3, -0.25) is 0 Å². The van der Waals surface area contributed by atoms with E-state index >= 15 is 0 Å². The number of carbonyl (C=O) groups excluding carboxylic acids is 1. The van der Waals surface area contributed by atoms with E-state index in [-0.39, 0.29) is 5.41 Å². The van der Waals surface area contributed by atoms with Gasteiger partial charge in [0.2, 0.25) is 0 Å². The van der Waals surface area contributed by atoms with E-state index in [9.17, 15) is 4.79 Å². The summed E-state index contributed by atoms with van der Waals surface area (Å²) in [6, 6.07) is 10.2. The Morgan fingerprint density at radius 1 is 1.25 bits per heavy atom. The van der Waals surface area contributed by atoms with E-state index in [1.807, 2.05) is 18.2 Å². The minimum Gasteiger partial charge on any atom is -0.302 e. The van der Waals surface area contributed by atoms with E-state index in [1.54, 1.807) is 0 Å². The normalized spacial score (nSPS) is 22.1. The molecule has 2 rings (SSSR count). The lowest BCUT2D eigenvalue weighted by Crippen LogP contribution is -2.45. The van der Waals surface area contributed by atoms with Gasteiger partial charge in [0.05, 0.1) is 5.41 Å². The zero-order valence-corrected chi connectivity index (χ0v) is 13.1. The first kappa shape index (κ1) is 15.2. The van der Waals surface area contributed by atoms with Crippen molar-refractivity contribution >= 4 is 6.29 Å². The molecule has 0 bridgehead atoms. The molecule has 1 aromatic carbocycles. The molecular formula is C18H27NO. The quantitative estimate of drug-likeness (QED) is 0.763. The van der Waals surface area contributed by atoms with E-state index < -0.39 is 0 Å².